The van der Waals surface area contributed by atoms with Crippen LogP contribution in [0.1, 0.15) is 11.1 Å². The normalized spacial score (nSPS) is 10.5. The van der Waals surface area contributed by atoms with E-state index in [0.29, 0.717) is 5.56 Å². The fourth-order valence-electron chi connectivity index (χ4n) is 1.59. The highest BCUT2D eigenvalue weighted by atomic mass is 16.6. The smallest absolute Gasteiger partial charge is 0.269 e. The van der Waals surface area contributed by atoms with Crippen molar-refractivity contribution in [1.82, 2.24) is 10.4 Å². The molecule has 0 unspecified atom stereocenters. The van der Waals surface area contributed by atoms with E-state index in [1.165, 1.54) is 18.3 Å². The first-order valence-corrected chi connectivity index (χ1v) is 6.10. The van der Waals surface area contributed by atoms with E-state index in [0.717, 1.165) is 5.56 Å². The Morgan fingerprint density at radius 1 is 1.33 bits per heavy atom. The molecule has 0 aliphatic heterocycles. The first-order chi connectivity index (χ1) is 10.1. The van der Waals surface area contributed by atoms with Crippen molar-refractivity contribution in [1.29, 1.82) is 0 Å². The molecule has 0 aliphatic carbocycles. The summed E-state index contributed by atoms with van der Waals surface area (Å²) in [5.74, 6) is -0.263. The van der Waals surface area contributed by atoms with Crippen molar-refractivity contribution in [3.05, 3.63) is 70.0 Å². The number of aromatic nitrogens is 1. The Hall–Kier alpha value is -3.09. The van der Waals surface area contributed by atoms with Crippen LogP contribution in [0.15, 0.2) is 53.9 Å². The first-order valence-electron chi connectivity index (χ1n) is 6.10. The van der Waals surface area contributed by atoms with Gasteiger partial charge >= 0.3 is 0 Å². The zero-order chi connectivity index (χ0) is 15.1. The number of hydrazone groups is 1. The molecule has 0 spiro atoms. The van der Waals surface area contributed by atoms with Crippen molar-refractivity contribution in [3.63, 3.8) is 0 Å². The number of hydrogen-bond donors (Lipinski definition) is 1. The molecule has 0 bridgehead atoms. The number of hydrogen-bond acceptors (Lipinski definition) is 5. The van der Waals surface area contributed by atoms with Crippen LogP contribution in [0.3, 0.4) is 0 Å². The van der Waals surface area contributed by atoms with Gasteiger partial charge in [-0.05, 0) is 29.3 Å². The minimum absolute atomic E-state index is 0.00719. The maximum Gasteiger partial charge on any atom is 0.269 e. The third-order valence-electron chi connectivity index (χ3n) is 2.59. The minimum Gasteiger partial charge on any atom is -0.273 e. The summed E-state index contributed by atoms with van der Waals surface area (Å²) in [6, 6.07) is 9.40. The topological polar surface area (TPSA) is 97.5 Å². The third kappa shape index (κ3) is 4.50. The molecule has 0 saturated carbocycles. The van der Waals surface area contributed by atoms with Crippen molar-refractivity contribution < 1.29 is 9.72 Å². The van der Waals surface area contributed by atoms with E-state index in [4.69, 9.17) is 0 Å². The Morgan fingerprint density at radius 3 is 2.71 bits per heavy atom. The van der Waals surface area contributed by atoms with Gasteiger partial charge in [-0.2, -0.15) is 5.10 Å². The summed E-state index contributed by atoms with van der Waals surface area (Å²) in [4.78, 5) is 25.5. The second-order valence-electron chi connectivity index (χ2n) is 4.18. The molecular formula is C14H12N4O3. The highest BCUT2D eigenvalue weighted by molar-refractivity contribution is 5.83. The molecular weight excluding hydrogens is 272 g/mol. The Labute approximate surface area is 120 Å². The number of nitrogens with one attached hydrogen (secondary N) is 1. The van der Waals surface area contributed by atoms with Crippen LogP contribution in [0.2, 0.25) is 0 Å². The lowest BCUT2D eigenvalue weighted by atomic mass is 10.2. The monoisotopic (exact) mass is 284 g/mol. The van der Waals surface area contributed by atoms with Crippen LogP contribution in [0.25, 0.3) is 0 Å². The van der Waals surface area contributed by atoms with Gasteiger partial charge in [-0.1, -0.05) is 6.07 Å². The number of pyridine rings is 1. The summed E-state index contributed by atoms with van der Waals surface area (Å²) in [6.45, 7) is 0. The first kappa shape index (κ1) is 14.3. The van der Waals surface area contributed by atoms with Crippen LogP contribution in [-0.2, 0) is 11.2 Å². The van der Waals surface area contributed by atoms with Crippen molar-refractivity contribution in [2.24, 2.45) is 5.10 Å². The SMILES string of the molecule is O=C(Cc1cccnc1)N/N=C/c1ccc([N+](=O)[O-])cc1. The molecule has 0 radical (unpaired) electrons. The average molecular weight is 284 g/mol. The number of nitro benzene ring substituents is 1. The van der Waals surface area contributed by atoms with Crippen molar-refractivity contribution in [3.8, 4) is 0 Å². The molecule has 1 N–H and O–H groups in total. The number of carbonyl (C=O) groups excluding carboxylic acids is 1. The van der Waals surface area contributed by atoms with E-state index in [-0.39, 0.29) is 18.0 Å². The van der Waals surface area contributed by atoms with Crippen LogP contribution in [0.5, 0.6) is 0 Å². The number of nitro groups is 1. The number of non-ortho nitro benzene ring substituents is 1. The molecule has 0 aliphatic rings. The number of carbonyl (C=O) groups is 1. The highest BCUT2D eigenvalue weighted by Crippen LogP contribution is 2.10. The number of rotatable bonds is 5. The average Bonchev–Trinajstić information content (AvgIpc) is 2.49. The van der Waals surface area contributed by atoms with E-state index in [1.807, 2.05) is 0 Å². The lowest BCUT2D eigenvalue weighted by Crippen LogP contribution is -2.19. The van der Waals surface area contributed by atoms with Crippen LogP contribution < -0.4 is 5.43 Å². The molecule has 7 heteroatoms. The summed E-state index contributed by atoms with van der Waals surface area (Å²) in [5.41, 5.74) is 3.84. The van der Waals surface area contributed by atoms with Crippen molar-refractivity contribution >= 4 is 17.8 Å². The zero-order valence-electron chi connectivity index (χ0n) is 11.0. The fraction of sp³-hybridized carbons (Fsp3) is 0.0714. The standard InChI is InChI=1S/C14H12N4O3/c19-14(8-12-2-1-7-15-9-12)17-16-10-11-3-5-13(6-4-11)18(20)21/h1-7,9-10H,8H2,(H,17,19)/b16-10+. The number of nitrogens with zero attached hydrogens (tertiary/aromatic N) is 3. The highest BCUT2D eigenvalue weighted by Gasteiger charge is 2.03. The summed E-state index contributed by atoms with van der Waals surface area (Å²) in [7, 11) is 0. The molecule has 7 nitrogen and oxygen atoms in total. The minimum atomic E-state index is -0.476. The van der Waals surface area contributed by atoms with E-state index >= 15 is 0 Å². The molecule has 2 rings (SSSR count). The van der Waals surface area contributed by atoms with E-state index < -0.39 is 4.92 Å². The van der Waals surface area contributed by atoms with Crippen molar-refractivity contribution in [2.75, 3.05) is 0 Å². The maximum absolute atomic E-state index is 11.6. The largest absolute Gasteiger partial charge is 0.273 e. The van der Waals surface area contributed by atoms with Gasteiger partial charge in [-0.15, -0.1) is 0 Å². The lowest BCUT2D eigenvalue weighted by molar-refractivity contribution is -0.384. The molecule has 0 saturated heterocycles. The Balaban J connectivity index is 1.87. The number of benzene rings is 1. The van der Waals surface area contributed by atoms with Gasteiger partial charge in [0.25, 0.3) is 5.69 Å². The molecule has 1 heterocycles. The van der Waals surface area contributed by atoms with Crippen LogP contribution in [0.4, 0.5) is 5.69 Å². The van der Waals surface area contributed by atoms with E-state index in [9.17, 15) is 14.9 Å². The predicted molar refractivity (Wildman–Crippen MR) is 76.8 cm³/mol. The van der Waals surface area contributed by atoms with Crippen LogP contribution >= 0.6 is 0 Å². The quantitative estimate of drug-likeness (QED) is 0.513. The van der Waals surface area contributed by atoms with Gasteiger partial charge in [0.15, 0.2) is 0 Å². The van der Waals surface area contributed by atoms with E-state index in [2.05, 4.69) is 15.5 Å². The maximum atomic E-state index is 11.6. The second-order valence-corrected chi connectivity index (χ2v) is 4.18. The van der Waals surface area contributed by atoms with Crippen molar-refractivity contribution in [2.45, 2.75) is 6.42 Å². The molecule has 106 valence electrons. The van der Waals surface area contributed by atoms with Crippen LogP contribution in [-0.4, -0.2) is 22.0 Å². The molecule has 1 aromatic heterocycles. The Bertz CT molecular complexity index is 654. The summed E-state index contributed by atoms with van der Waals surface area (Å²) in [6.07, 6.45) is 4.85. The fourth-order valence-corrected chi connectivity index (χ4v) is 1.59. The van der Waals surface area contributed by atoms with Crippen LogP contribution in [0, 0.1) is 10.1 Å². The molecule has 21 heavy (non-hydrogen) atoms. The molecule has 0 atom stereocenters. The van der Waals surface area contributed by atoms with Gasteiger partial charge in [0, 0.05) is 24.5 Å². The Kier molecular flexibility index (Phi) is 4.70. The summed E-state index contributed by atoms with van der Waals surface area (Å²) in [5, 5.41) is 14.3. The lowest BCUT2D eigenvalue weighted by Gasteiger charge is -1.99. The molecule has 1 amide bonds. The molecule has 1 aromatic carbocycles. The second kappa shape index (κ2) is 6.90. The molecule has 0 fully saturated rings. The van der Waals surface area contributed by atoms with Gasteiger partial charge in [0.2, 0.25) is 5.91 Å². The Morgan fingerprint density at radius 2 is 2.10 bits per heavy atom. The molecule has 2 aromatic rings. The third-order valence-corrected chi connectivity index (χ3v) is 2.59. The summed E-state index contributed by atoms with van der Waals surface area (Å²) >= 11 is 0. The van der Waals surface area contributed by atoms with Gasteiger partial charge < -0.3 is 0 Å². The predicted octanol–water partition coefficient (Wildman–Crippen LogP) is 1.68. The van der Waals surface area contributed by atoms with E-state index in [1.54, 1.807) is 36.7 Å². The van der Waals surface area contributed by atoms with Gasteiger partial charge in [-0.3, -0.25) is 19.9 Å². The summed E-state index contributed by atoms with van der Waals surface area (Å²) < 4.78 is 0. The van der Waals surface area contributed by atoms with Gasteiger partial charge in [0.05, 0.1) is 17.6 Å². The number of amides is 1. The van der Waals surface area contributed by atoms with Gasteiger partial charge in [0.1, 0.15) is 0 Å². The zero-order valence-corrected chi connectivity index (χ0v) is 11.0. The van der Waals surface area contributed by atoms with Gasteiger partial charge in [-0.25, -0.2) is 5.43 Å².